The van der Waals surface area contributed by atoms with E-state index in [-0.39, 0.29) is 17.3 Å². The molecule has 0 atom stereocenters. The van der Waals surface area contributed by atoms with Crippen LogP contribution in [0.1, 0.15) is 37.4 Å². The van der Waals surface area contributed by atoms with Crippen molar-refractivity contribution in [2.75, 3.05) is 5.32 Å². The normalized spacial score (nSPS) is 10.6. The molecule has 1 aromatic carbocycles. The smallest absolute Gasteiger partial charge is 0.307 e. The van der Waals surface area contributed by atoms with Crippen molar-refractivity contribution < 1.29 is 4.79 Å². The number of unbranched alkanes of at least 4 members (excludes halogenated alkanes) is 2. The maximum Gasteiger partial charge on any atom is 0.307 e. The summed E-state index contributed by atoms with van der Waals surface area (Å²) >= 11 is 1.12. The molecule has 2 rings (SSSR count). The van der Waals surface area contributed by atoms with Gasteiger partial charge in [-0.3, -0.25) is 14.2 Å². The summed E-state index contributed by atoms with van der Waals surface area (Å²) in [5, 5.41) is 4.60. The van der Waals surface area contributed by atoms with Gasteiger partial charge in [0, 0.05) is 16.8 Å². The molecule has 0 spiro atoms. The number of hydrogen-bond donors (Lipinski definition) is 1. The molecule has 1 heterocycles. The van der Waals surface area contributed by atoms with Crippen LogP contribution in [0.15, 0.2) is 34.4 Å². The Bertz CT molecular complexity index is 671. The Morgan fingerprint density at radius 3 is 2.55 bits per heavy atom. The van der Waals surface area contributed by atoms with Crippen molar-refractivity contribution in [3.05, 3.63) is 50.6 Å². The van der Waals surface area contributed by atoms with Crippen LogP contribution in [0.5, 0.6) is 0 Å². The molecule has 0 aliphatic rings. The van der Waals surface area contributed by atoms with Gasteiger partial charge in [-0.15, -0.1) is 0 Å². The van der Waals surface area contributed by atoms with Gasteiger partial charge in [0.05, 0.1) is 0 Å². The van der Waals surface area contributed by atoms with Gasteiger partial charge in [-0.05, 0) is 37.5 Å². The van der Waals surface area contributed by atoms with Crippen LogP contribution >= 0.6 is 11.3 Å². The Morgan fingerprint density at radius 1 is 1.23 bits per heavy atom. The summed E-state index contributed by atoms with van der Waals surface area (Å²) in [7, 11) is 0. The van der Waals surface area contributed by atoms with Gasteiger partial charge in [0.25, 0.3) is 0 Å². The second kappa shape index (κ2) is 7.94. The van der Waals surface area contributed by atoms with Crippen LogP contribution in [0.2, 0.25) is 0 Å². The summed E-state index contributed by atoms with van der Waals surface area (Å²) in [5.41, 5.74) is 2.87. The number of carbonyl (C=O) groups excluding carboxylic acids is 1. The molecule has 0 aliphatic heterocycles. The van der Waals surface area contributed by atoms with Crippen LogP contribution in [-0.2, 0) is 17.8 Å². The van der Waals surface area contributed by atoms with Crippen LogP contribution in [-0.4, -0.2) is 10.5 Å². The topological polar surface area (TPSA) is 51.1 Å². The van der Waals surface area contributed by atoms with Crippen LogP contribution in [0.25, 0.3) is 0 Å². The first-order valence-corrected chi connectivity index (χ1v) is 8.52. The SMILES string of the molecule is CCCCCc1ccc(NC(=O)Cn2c(C)csc2=O)cc1. The maximum absolute atomic E-state index is 12.0. The third-order valence-electron chi connectivity index (χ3n) is 3.58. The average Bonchev–Trinajstić information content (AvgIpc) is 2.81. The van der Waals surface area contributed by atoms with Crippen molar-refractivity contribution in [1.82, 2.24) is 4.57 Å². The lowest BCUT2D eigenvalue weighted by Crippen LogP contribution is -2.25. The molecule has 5 heteroatoms. The fourth-order valence-electron chi connectivity index (χ4n) is 2.27. The van der Waals surface area contributed by atoms with Crippen molar-refractivity contribution in [1.29, 1.82) is 0 Å². The first-order valence-electron chi connectivity index (χ1n) is 7.64. The molecule has 0 radical (unpaired) electrons. The molecule has 0 aliphatic carbocycles. The van der Waals surface area contributed by atoms with E-state index >= 15 is 0 Å². The lowest BCUT2D eigenvalue weighted by molar-refractivity contribution is -0.116. The number of rotatable bonds is 7. The first kappa shape index (κ1) is 16.5. The van der Waals surface area contributed by atoms with E-state index in [0.717, 1.165) is 29.1 Å². The third kappa shape index (κ3) is 4.56. The zero-order valence-corrected chi connectivity index (χ0v) is 13.9. The molecular formula is C17H22N2O2S. The molecule has 118 valence electrons. The van der Waals surface area contributed by atoms with E-state index in [1.807, 2.05) is 31.2 Å². The Morgan fingerprint density at radius 2 is 1.95 bits per heavy atom. The molecule has 2 aromatic rings. The molecule has 1 N–H and O–H groups in total. The monoisotopic (exact) mass is 318 g/mol. The van der Waals surface area contributed by atoms with Crippen molar-refractivity contribution in [3.8, 4) is 0 Å². The van der Waals surface area contributed by atoms with Crippen LogP contribution < -0.4 is 10.2 Å². The number of nitrogens with one attached hydrogen (secondary N) is 1. The molecule has 4 nitrogen and oxygen atoms in total. The number of amides is 1. The Kier molecular flexibility index (Phi) is 5.95. The summed E-state index contributed by atoms with van der Waals surface area (Å²) < 4.78 is 1.49. The number of hydrogen-bond acceptors (Lipinski definition) is 3. The van der Waals surface area contributed by atoms with Gasteiger partial charge in [-0.2, -0.15) is 0 Å². The number of nitrogens with zero attached hydrogens (tertiary/aromatic N) is 1. The van der Waals surface area contributed by atoms with E-state index in [1.165, 1.54) is 29.4 Å². The van der Waals surface area contributed by atoms with Crippen LogP contribution in [0.3, 0.4) is 0 Å². The number of anilines is 1. The predicted octanol–water partition coefficient (Wildman–Crippen LogP) is 3.59. The molecular weight excluding hydrogens is 296 g/mol. The minimum atomic E-state index is -0.178. The Labute approximate surface area is 134 Å². The van der Waals surface area contributed by atoms with Crippen molar-refractivity contribution in [2.45, 2.75) is 46.1 Å². The van der Waals surface area contributed by atoms with Crippen LogP contribution in [0, 0.1) is 6.92 Å². The quantitative estimate of drug-likeness (QED) is 0.793. The van der Waals surface area contributed by atoms with Crippen LogP contribution in [0.4, 0.5) is 5.69 Å². The van der Waals surface area contributed by atoms with Gasteiger partial charge in [0.2, 0.25) is 5.91 Å². The first-order chi connectivity index (χ1) is 10.6. The molecule has 0 fully saturated rings. The largest absolute Gasteiger partial charge is 0.325 e. The van der Waals surface area contributed by atoms with Gasteiger partial charge in [-0.1, -0.05) is 43.2 Å². The number of benzene rings is 1. The Balaban J connectivity index is 1.90. The lowest BCUT2D eigenvalue weighted by Gasteiger charge is -2.08. The number of carbonyl (C=O) groups is 1. The molecule has 0 bridgehead atoms. The zero-order chi connectivity index (χ0) is 15.9. The zero-order valence-electron chi connectivity index (χ0n) is 13.1. The molecule has 0 saturated heterocycles. The standard InChI is InChI=1S/C17H22N2O2S/c1-3-4-5-6-14-7-9-15(10-8-14)18-16(20)11-19-13(2)12-22-17(19)21/h7-10,12H,3-6,11H2,1-2H3,(H,18,20). The second-order valence-electron chi connectivity index (χ2n) is 5.43. The maximum atomic E-state index is 12.0. The van der Waals surface area contributed by atoms with E-state index in [2.05, 4.69) is 12.2 Å². The van der Waals surface area contributed by atoms with Crippen molar-refractivity contribution in [3.63, 3.8) is 0 Å². The van der Waals surface area contributed by atoms with E-state index in [0.29, 0.717) is 0 Å². The highest BCUT2D eigenvalue weighted by Gasteiger charge is 2.08. The molecule has 0 unspecified atom stereocenters. The Hall–Kier alpha value is -1.88. The average molecular weight is 318 g/mol. The molecule has 1 amide bonds. The minimum Gasteiger partial charge on any atom is -0.325 e. The molecule has 22 heavy (non-hydrogen) atoms. The third-order valence-corrected chi connectivity index (χ3v) is 4.47. The minimum absolute atomic E-state index is 0.0619. The summed E-state index contributed by atoms with van der Waals surface area (Å²) in [6, 6.07) is 7.94. The van der Waals surface area contributed by atoms with Crippen molar-refractivity contribution >= 4 is 22.9 Å². The van der Waals surface area contributed by atoms with Crippen molar-refractivity contribution in [2.24, 2.45) is 0 Å². The fourth-order valence-corrected chi connectivity index (χ4v) is 3.01. The van der Waals surface area contributed by atoms with Gasteiger partial charge in [-0.25, -0.2) is 0 Å². The lowest BCUT2D eigenvalue weighted by atomic mass is 10.1. The highest BCUT2D eigenvalue weighted by atomic mass is 32.1. The summed E-state index contributed by atoms with van der Waals surface area (Å²) in [5.74, 6) is -0.178. The van der Waals surface area contributed by atoms with Gasteiger partial charge in [0.15, 0.2) is 0 Å². The fraction of sp³-hybridized carbons (Fsp3) is 0.412. The number of aryl methyl sites for hydroxylation is 2. The van der Waals surface area contributed by atoms with Gasteiger partial charge < -0.3 is 5.32 Å². The van der Waals surface area contributed by atoms with E-state index in [4.69, 9.17) is 0 Å². The van der Waals surface area contributed by atoms with Gasteiger partial charge >= 0.3 is 4.87 Å². The summed E-state index contributed by atoms with van der Waals surface area (Å²) in [6.07, 6.45) is 4.73. The highest BCUT2D eigenvalue weighted by Crippen LogP contribution is 2.12. The van der Waals surface area contributed by atoms with E-state index in [1.54, 1.807) is 5.38 Å². The number of aromatic nitrogens is 1. The van der Waals surface area contributed by atoms with E-state index < -0.39 is 0 Å². The summed E-state index contributed by atoms with van der Waals surface area (Å²) in [6.45, 7) is 4.09. The summed E-state index contributed by atoms with van der Waals surface area (Å²) in [4.78, 5) is 23.5. The molecule has 1 aromatic heterocycles. The predicted molar refractivity (Wildman–Crippen MR) is 91.6 cm³/mol. The second-order valence-corrected chi connectivity index (χ2v) is 6.25. The number of thiazole rings is 1. The molecule has 0 saturated carbocycles. The highest BCUT2D eigenvalue weighted by molar-refractivity contribution is 7.07. The van der Waals surface area contributed by atoms with Gasteiger partial charge in [0.1, 0.15) is 6.54 Å². The van der Waals surface area contributed by atoms with E-state index in [9.17, 15) is 9.59 Å².